The van der Waals surface area contributed by atoms with Crippen LogP contribution in [0.25, 0.3) is 39.1 Å². The number of hydrogen-bond donors (Lipinski definition) is 2. The van der Waals surface area contributed by atoms with E-state index in [9.17, 15) is 14.3 Å². The number of fused-ring (bicyclic) bond motifs is 2. The van der Waals surface area contributed by atoms with Gasteiger partial charge >= 0.3 is 0 Å². The summed E-state index contributed by atoms with van der Waals surface area (Å²) in [5, 5.41) is 15.4. The summed E-state index contributed by atoms with van der Waals surface area (Å²) in [6.07, 6.45) is 5.18. The molecular formula is C32H31FN8O3. The van der Waals surface area contributed by atoms with E-state index in [0.29, 0.717) is 42.0 Å². The highest BCUT2D eigenvalue weighted by Gasteiger charge is 2.25. The summed E-state index contributed by atoms with van der Waals surface area (Å²) in [6.45, 7) is 6.52. The van der Waals surface area contributed by atoms with Crippen LogP contribution in [0.2, 0.25) is 0 Å². The van der Waals surface area contributed by atoms with Crippen molar-refractivity contribution in [2.75, 3.05) is 38.6 Å². The van der Waals surface area contributed by atoms with Crippen molar-refractivity contribution in [3.63, 3.8) is 0 Å². The maximum atomic E-state index is 14.3. The molecular weight excluding hydrogens is 563 g/mol. The number of ether oxygens (including phenoxy) is 1. The Morgan fingerprint density at radius 3 is 2.66 bits per heavy atom. The van der Waals surface area contributed by atoms with Crippen LogP contribution in [0.3, 0.4) is 0 Å². The molecule has 0 bridgehead atoms. The van der Waals surface area contributed by atoms with Gasteiger partial charge in [0.1, 0.15) is 29.4 Å². The van der Waals surface area contributed by atoms with Gasteiger partial charge in [-0.3, -0.25) is 9.69 Å². The third-order valence-electron chi connectivity index (χ3n) is 8.23. The molecule has 11 nitrogen and oxygen atoms in total. The van der Waals surface area contributed by atoms with Gasteiger partial charge in [-0.15, -0.1) is 0 Å². The molecule has 7 rings (SSSR count). The molecule has 1 saturated heterocycles. The van der Waals surface area contributed by atoms with Crippen LogP contribution >= 0.6 is 0 Å². The Hall–Kier alpha value is -5.07. The number of halogens is 1. The molecule has 0 aliphatic carbocycles. The summed E-state index contributed by atoms with van der Waals surface area (Å²) in [5.41, 5.74) is 10.8. The van der Waals surface area contributed by atoms with Crippen LogP contribution in [0.1, 0.15) is 18.5 Å². The zero-order valence-electron chi connectivity index (χ0n) is 24.1. The van der Waals surface area contributed by atoms with E-state index in [1.807, 2.05) is 43.6 Å². The smallest absolute Gasteiger partial charge is 0.251 e. The molecule has 1 aliphatic rings. The van der Waals surface area contributed by atoms with Crippen molar-refractivity contribution < 1.29 is 14.2 Å². The second-order valence-electron chi connectivity index (χ2n) is 11.0. The molecule has 5 aromatic heterocycles. The van der Waals surface area contributed by atoms with Crippen LogP contribution in [0.4, 0.5) is 10.2 Å². The van der Waals surface area contributed by atoms with Crippen LogP contribution in [-0.4, -0.2) is 71.6 Å². The predicted octanol–water partition coefficient (Wildman–Crippen LogP) is 3.94. The van der Waals surface area contributed by atoms with Crippen LogP contribution in [0.5, 0.6) is 5.75 Å². The molecule has 1 unspecified atom stereocenters. The third-order valence-corrected chi connectivity index (χ3v) is 8.23. The van der Waals surface area contributed by atoms with Crippen LogP contribution in [0.15, 0.2) is 78.1 Å². The van der Waals surface area contributed by atoms with Gasteiger partial charge in [0.05, 0.1) is 30.3 Å². The minimum atomic E-state index is -0.605. The quantitative estimate of drug-likeness (QED) is 0.285. The van der Waals surface area contributed by atoms with Gasteiger partial charge in [-0.2, -0.15) is 5.10 Å². The summed E-state index contributed by atoms with van der Waals surface area (Å²) in [7, 11) is 0. The first-order valence-corrected chi connectivity index (χ1v) is 14.5. The molecule has 1 aliphatic heterocycles. The Labute approximate surface area is 251 Å². The van der Waals surface area contributed by atoms with E-state index in [1.165, 1.54) is 18.5 Å². The van der Waals surface area contributed by atoms with Crippen molar-refractivity contribution in [2.45, 2.75) is 19.5 Å². The average molecular weight is 595 g/mol. The summed E-state index contributed by atoms with van der Waals surface area (Å²) < 4.78 is 25.3. The maximum absolute atomic E-state index is 14.3. The lowest BCUT2D eigenvalue weighted by Gasteiger charge is -2.26. The molecule has 12 heteroatoms. The van der Waals surface area contributed by atoms with Crippen LogP contribution in [-0.2, 0) is 11.3 Å². The lowest BCUT2D eigenvalue weighted by molar-refractivity contribution is 0.0363. The van der Waals surface area contributed by atoms with Gasteiger partial charge in [-0.05, 0) is 43.3 Å². The van der Waals surface area contributed by atoms with E-state index in [-0.39, 0.29) is 23.2 Å². The minimum Gasteiger partial charge on any atom is -0.508 e. The fraction of sp³-hybridized carbons (Fsp3) is 0.250. The normalized spacial score (nSPS) is 14.9. The topological polar surface area (TPSA) is 129 Å². The zero-order valence-corrected chi connectivity index (χ0v) is 24.1. The highest BCUT2D eigenvalue weighted by molar-refractivity contribution is 5.98. The maximum Gasteiger partial charge on any atom is 0.251 e. The molecule has 3 N–H and O–H groups in total. The highest BCUT2D eigenvalue weighted by atomic mass is 19.1. The Kier molecular flexibility index (Phi) is 7.07. The lowest BCUT2D eigenvalue weighted by atomic mass is 10.0. The number of anilines is 1. The van der Waals surface area contributed by atoms with E-state index in [2.05, 4.69) is 25.3 Å². The predicted molar refractivity (Wildman–Crippen MR) is 165 cm³/mol. The zero-order chi connectivity index (χ0) is 30.4. The number of hydrogen-bond acceptors (Lipinski definition) is 8. The Morgan fingerprint density at radius 1 is 1.02 bits per heavy atom. The van der Waals surface area contributed by atoms with Crippen molar-refractivity contribution >= 4 is 22.4 Å². The van der Waals surface area contributed by atoms with E-state index in [1.54, 1.807) is 15.3 Å². The summed E-state index contributed by atoms with van der Waals surface area (Å²) in [4.78, 5) is 24.3. The standard InChI is InChI=1S/C32H31FN8O3/c1-20(41-32-28(31(34)35-19-36-32)29(37-41)22-14-23(33)17-25(42)15-22)26-18-24-4-2-3-6-40(24)30(26)21-5-7-39(27(43)16-21)9-8-38-10-12-44-13-11-38/h2-7,14-20,42H,8-13H2,1H3,(H2,34,35,36). The first-order chi connectivity index (χ1) is 21.4. The molecule has 6 heterocycles. The van der Waals surface area contributed by atoms with Gasteiger partial charge in [-0.25, -0.2) is 19.0 Å². The van der Waals surface area contributed by atoms with E-state index >= 15 is 0 Å². The number of pyridine rings is 2. The number of morpholine rings is 1. The first kappa shape index (κ1) is 27.7. The number of nitrogens with two attached hydrogens (primary N) is 1. The second-order valence-corrected chi connectivity index (χ2v) is 11.0. The number of phenols is 1. The lowest BCUT2D eigenvalue weighted by Crippen LogP contribution is -2.39. The summed E-state index contributed by atoms with van der Waals surface area (Å²) in [5.74, 6) is -0.645. The van der Waals surface area contributed by atoms with Crippen LogP contribution < -0.4 is 11.3 Å². The van der Waals surface area contributed by atoms with Crippen molar-refractivity contribution in [2.24, 2.45) is 0 Å². The molecule has 0 saturated carbocycles. The molecule has 0 spiro atoms. The third kappa shape index (κ3) is 4.97. The number of aromatic nitrogens is 6. The van der Waals surface area contributed by atoms with Gasteiger partial charge in [0.25, 0.3) is 5.56 Å². The number of nitrogen functional groups attached to an aromatic ring is 1. The number of benzene rings is 1. The highest BCUT2D eigenvalue weighted by Crippen LogP contribution is 2.38. The largest absolute Gasteiger partial charge is 0.508 e. The summed E-state index contributed by atoms with van der Waals surface area (Å²) in [6, 6.07) is 15.0. The molecule has 6 aromatic rings. The minimum absolute atomic E-state index is 0.0847. The number of rotatable bonds is 7. The van der Waals surface area contributed by atoms with Gasteiger partial charge in [0.2, 0.25) is 0 Å². The number of nitrogens with zero attached hydrogens (tertiary/aromatic N) is 7. The van der Waals surface area contributed by atoms with E-state index in [4.69, 9.17) is 15.6 Å². The summed E-state index contributed by atoms with van der Waals surface area (Å²) >= 11 is 0. The SMILES string of the molecule is CC(c1cc2ccccn2c1-c1ccn(CCN2CCOCC2)c(=O)c1)n1nc(-c2cc(O)cc(F)c2)c2c(N)ncnc21. The molecule has 0 radical (unpaired) electrons. The molecule has 224 valence electrons. The van der Waals surface area contributed by atoms with Gasteiger partial charge in [-0.1, -0.05) is 6.07 Å². The fourth-order valence-electron chi connectivity index (χ4n) is 5.99. The second kappa shape index (κ2) is 11.2. The van der Waals surface area contributed by atoms with Gasteiger partial charge < -0.3 is 24.5 Å². The van der Waals surface area contributed by atoms with Crippen LogP contribution in [0, 0.1) is 5.82 Å². The Bertz CT molecular complexity index is 2040. The average Bonchev–Trinajstić information content (AvgIpc) is 3.61. The number of aromatic hydroxyl groups is 1. The Balaban J connectivity index is 1.32. The van der Waals surface area contributed by atoms with Gasteiger partial charge in [0.15, 0.2) is 5.65 Å². The van der Waals surface area contributed by atoms with Crippen molar-refractivity contribution in [1.29, 1.82) is 0 Å². The monoisotopic (exact) mass is 594 g/mol. The number of phenolic OH excluding ortho intramolecular Hbond substituents is 1. The molecule has 44 heavy (non-hydrogen) atoms. The Morgan fingerprint density at radius 2 is 1.86 bits per heavy atom. The first-order valence-electron chi connectivity index (χ1n) is 14.5. The van der Waals surface area contributed by atoms with Crippen molar-refractivity contribution in [3.8, 4) is 28.3 Å². The van der Waals surface area contributed by atoms with E-state index < -0.39 is 5.82 Å². The molecule has 0 amide bonds. The molecule has 1 atom stereocenters. The molecule has 1 aromatic carbocycles. The fourth-order valence-corrected chi connectivity index (χ4v) is 5.99. The van der Waals surface area contributed by atoms with Crippen molar-refractivity contribution in [1.82, 2.24) is 33.6 Å². The van der Waals surface area contributed by atoms with E-state index in [0.717, 1.165) is 48.0 Å². The van der Waals surface area contributed by atoms with Crippen molar-refractivity contribution in [3.05, 3.63) is 95.1 Å². The van der Waals surface area contributed by atoms with Gasteiger partial charge in [0, 0.05) is 72.9 Å². The molecule has 1 fully saturated rings.